The van der Waals surface area contributed by atoms with Gasteiger partial charge in [-0.2, -0.15) is 0 Å². The van der Waals surface area contributed by atoms with Crippen LogP contribution in [0, 0.1) is 12.8 Å². The van der Waals surface area contributed by atoms with Gasteiger partial charge in [0, 0.05) is 12.1 Å². The van der Waals surface area contributed by atoms with E-state index in [1.54, 1.807) is 0 Å². The van der Waals surface area contributed by atoms with E-state index in [1.165, 1.54) is 40.3 Å². The van der Waals surface area contributed by atoms with Crippen molar-refractivity contribution in [1.82, 2.24) is 4.90 Å². The van der Waals surface area contributed by atoms with Gasteiger partial charge in [0.15, 0.2) is 0 Å². The first kappa shape index (κ1) is 24.8. The molecule has 3 aromatic carbocycles. The van der Waals surface area contributed by atoms with Crippen LogP contribution >= 0.6 is 0 Å². The van der Waals surface area contributed by atoms with Crippen molar-refractivity contribution in [2.45, 2.75) is 70.9 Å². The first-order valence-electron chi connectivity index (χ1n) is 13.7. The Morgan fingerprint density at radius 3 is 2.25 bits per heavy atom. The summed E-state index contributed by atoms with van der Waals surface area (Å²) in [6.45, 7) is 7.20. The van der Waals surface area contributed by atoms with E-state index in [0.29, 0.717) is 12.5 Å². The first-order chi connectivity index (χ1) is 17.6. The molecule has 36 heavy (non-hydrogen) atoms. The molecule has 4 nitrogen and oxygen atoms in total. The van der Waals surface area contributed by atoms with Crippen LogP contribution in [-0.2, 0) is 16.1 Å². The fourth-order valence-electron chi connectivity index (χ4n) is 6.08. The first-order valence-corrected chi connectivity index (χ1v) is 13.7. The molecule has 0 N–H and O–H groups in total. The highest BCUT2D eigenvalue weighted by Crippen LogP contribution is 2.38. The number of carbonyl (C=O) groups is 1. The predicted molar refractivity (Wildman–Crippen MR) is 145 cm³/mol. The fourth-order valence-corrected chi connectivity index (χ4v) is 6.08. The Morgan fingerprint density at radius 1 is 0.889 bits per heavy atom. The van der Waals surface area contributed by atoms with E-state index in [0.717, 1.165) is 51.1 Å². The van der Waals surface area contributed by atoms with E-state index in [1.807, 2.05) is 6.92 Å². The van der Waals surface area contributed by atoms with Gasteiger partial charge in [-0.05, 0) is 99.3 Å². The number of aryl methyl sites for hydroxylation is 1. The van der Waals surface area contributed by atoms with Crippen LogP contribution in [0.3, 0.4) is 0 Å². The molecule has 0 unspecified atom stereocenters. The second-order valence-electron chi connectivity index (χ2n) is 10.5. The average Bonchev–Trinajstić information content (AvgIpc) is 2.92. The molecule has 0 aromatic heterocycles. The highest BCUT2D eigenvalue weighted by molar-refractivity contribution is 5.90. The summed E-state index contributed by atoms with van der Waals surface area (Å²) in [5.41, 5.74) is 4.02. The van der Waals surface area contributed by atoms with Gasteiger partial charge in [0.05, 0.1) is 18.6 Å². The Bertz CT molecular complexity index is 1160. The van der Waals surface area contributed by atoms with Crippen LogP contribution in [0.1, 0.15) is 68.1 Å². The molecule has 3 aromatic rings. The van der Waals surface area contributed by atoms with Crippen LogP contribution in [0.2, 0.25) is 0 Å². The second-order valence-corrected chi connectivity index (χ2v) is 10.5. The van der Waals surface area contributed by atoms with Crippen molar-refractivity contribution in [3.05, 3.63) is 77.4 Å². The lowest BCUT2D eigenvalue weighted by Gasteiger charge is -2.33. The lowest BCUT2D eigenvalue weighted by molar-refractivity contribution is -0.149. The molecule has 1 aliphatic heterocycles. The molecule has 0 bridgehead atoms. The number of nitrogens with zero attached hydrogens (tertiary/aromatic N) is 1. The maximum atomic E-state index is 12.2. The van der Waals surface area contributed by atoms with Gasteiger partial charge in [-0.25, -0.2) is 0 Å². The number of esters is 1. The summed E-state index contributed by atoms with van der Waals surface area (Å²) in [5.74, 6) is 1.69. The minimum Gasteiger partial charge on any atom is -0.490 e. The summed E-state index contributed by atoms with van der Waals surface area (Å²) in [6, 6.07) is 21.9. The predicted octanol–water partition coefficient (Wildman–Crippen LogP) is 7.03. The Labute approximate surface area is 215 Å². The number of likely N-dealkylation sites (tertiary alicyclic amines) is 1. The lowest BCUT2D eigenvalue weighted by Crippen LogP contribution is -2.36. The van der Waals surface area contributed by atoms with Gasteiger partial charge in [0.2, 0.25) is 0 Å². The smallest absolute Gasteiger partial charge is 0.309 e. The number of carbonyl (C=O) groups excluding carboxylic acids is 1. The summed E-state index contributed by atoms with van der Waals surface area (Å²) >= 11 is 0. The number of benzene rings is 3. The van der Waals surface area contributed by atoms with Crippen molar-refractivity contribution in [1.29, 1.82) is 0 Å². The van der Waals surface area contributed by atoms with Gasteiger partial charge in [-0.15, -0.1) is 0 Å². The Balaban J connectivity index is 1.31. The van der Waals surface area contributed by atoms with E-state index in [-0.39, 0.29) is 18.0 Å². The summed E-state index contributed by atoms with van der Waals surface area (Å²) in [5, 5.41) is 2.59. The average molecular weight is 486 g/mol. The Morgan fingerprint density at radius 2 is 1.56 bits per heavy atom. The molecule has 1 aliphatic carbocycles. The molecule has 5 rings (SSSR count). The number of piperidine rings is 1. The van der Waals surface area contributed by atoms with Gasteiger partial charge in [-0.3, -0.25) is 9.69 Å². The van der Waals surface area contributed by atoms with Gasteiger partial charge in [-0.1, -0.05) is 54.6 Å². The Hall–Kier alpha value is -2.85. The molecular formula is C32H39NO3. The SMILES string of the molecule is CCOC(=O)C1CCN(Cc2c(O[C@H]3CC[C@H](c4ccccc4)CC3)cc(C)c3ccccc23)CC1. The standard InChI is InChI=1S/C32H39NO3/c1-3-35-32(34)26-17-19-33(20-18-26)22-30-29-12-8-7-11-28(29)23(2)21-31(30)36-27-15-13-25(14-16-27)24-9-5-4-6-10-24/h4-12,21,25-27H,3,13-20,22H2,1-2H3/t25-,27-. The molecule has 4 heteroatoms. The number of hydrogen-bond donors (Lipinski definition) is 0. The van der Waals surface area contributed by atoms with Crippen molar-refractivity contribution in [3.63, 3.8) is 0 Å². The molecule has 0 spiro atoms. The number of rotatable bonds is 7. The van der Waals surface area contributed by atoms with E-state index < -0.39 is 0 Å². The number of fused-ring (bicyclic) bond motifs is 1. The van der Waals surface area contributed by atoms with Gasteiger partial charge in [0.1, 0.15) is 5.75 Å². The summed E-state index contributed by atoms with van der Waals surface area (Å²) in [4.78, 5) is 14.7. The monoisotopic (exact) mass is 485 g/mol. The lowest BCUT2D eigenvalue weighted by atomic mass is 9.83. The van der Waals surface area contributed by atoms with Crippen LogP contribution in [0.15, 0.2) is 60.7 Å². The van der Waals surface area contributed by atoms with Crippen LogP contribution in [0.25, 0.3) is 10.8 Å². The molecule has 190 valence electrons. The van der Waals surface area contributed by atoms with Crippen molar-refractivity contribution >= 4 is 16.7 Å². The molecule has 0 amide bonds. The quantitative estimate of drug-likeness (QED) is 0.337. The van der Waals surface area contributed by atoms with Gasteiger partial charge in [0.25, 0.3) is 0 Å². The second kappa shape index (κ2) is 11.5. The minimum atomic E-state index is -0.0342. The van der Waals surface area contributed by atoms with Crippen molar-refractivity contribution in [3.8, 4) is 5.75 Å². The zero-order valence-electron chi connectivity index (χ0n) is 21.7. The third-order valence-corrected chi connectivity index (χ3v) is 8.15. The van der Waals surface area contributed by atoms with Crippen LogP contribution in [-0.4, -0.2) is 36.7 Å². The van der Waals surface area contributed by atoms with E-state index in [2.05, 4.69) is 72.5 Å². The zero-order valence-corrected chi connectivity index (χ0v) is 21.7. The zero-order chi connectivity index (χ0) is 24.9. The highest BCUT2D eigenvalue weighted by atomic mass is 16.5. The molecule has 1 saturated heterocycles. The minimum absolute atomic E-state index is 0.0338. The van der Waals surface area contributed by atoms with Crippen LogP contribution in [0.4, 0.5) is 0 Å². The van der Waals surface area contributed by atoms with Crippen LogP contribution in [0.5, 0.6) is 5.75 Å². The number of ether oxygens (including phenoxy) is 2. The highest BCUT2D eigenvalue weighted by Gasteiger charge is 2.28. The molecule has 0 radical (unpaired) electrons. The molecule has 1 saturated carbocycles. The van der Waals surface area contributed by atoms with Gasteiger partial charge < -0.3 is 9.47 Å². The van der Waals surface area contributed by atoms with E-state index in [9.17, 15) is 4.79 Å². The molecule has 1 heterocycles. The van der Waals surface area contributed by atoms with Gasteiger partial charge >= 0.3 is 5.97 Å². The largest absolute Gasteiger partial charge is 0.490 e. The Kier molecular flexibility index (Phi) is 7.91. The maximum absolute atomic E-state index is 12.2. The fraction of sp³-hybridized carbons (Fsp3) is 0.469. The molecular weight excluding hydrogens is 446 g/mol. The summed E-state index contributed by atoms with van der Waals surface area (Å²) in [7, 11) is 0. The third-order valence-electron chi connectivity index (χ3n) is 8.15. The number of hydrogen-bond acceptors (Lipinski definition) is 4. The molecule has 0 atom stereocenters. The molecule has 2 aliphatic rings. The van der Waals surface area contributed by atoms with Crippen molar-refractivity contribution in [2.75, 3.05) is 19.7 Å². The van der Waals surface area contributed by atoms with E-state index >= 15 is 0 Å². The van der Waals surface area contributed by atoms with E-state index in [4.69, 9.17) is 9.47 Å². The summed E-state index contributed by atoms with van der Waals surface area (Å²) < 4.78 is 12.1. The normalized spacial score (nSPS) is 21.4. The topological polar surface area (TPSA) is 38.8 Å². The molecule has 2 fully saturated rings. The van der Waals surface area contributed by atoms with Crippen molar-refractivity contribution < 1.29 is 14.3 Å². The maximum Gasteiger partial charge on any atom is 0.309 e. The van der Waals surface area contributed by atoms with Crippen LogP contribution < -0.4 is 4.74 Å². The summed E-state index contributed by atoms with van der Waals surface area (Å²) in [6.07, 6.45) is 6.53. The van der Waals surface area contributed by atoms with Crippen molar-refractivity contribution in [2.24, 2.45) is 5.92 Å². The third kappa shape index (κ3) is 5.59.